The van der Waals surface area contributed by atoms with Crippen LogP contribution in [0.4, 0.5) is 5.69 Å². The molecule has 0 fully saturated rings. The molecule has 2 aromatic rings. The van der Waals surface area contributed by atoms with Crippen LogP contribution < -0.4 is 5.32 Å². The van der Waals surface area contributed by atoms with Crippen molar-refractivity contribution in [2.45, 2.75) is 24.2 Å². The maximum Gasteiger partial charge on any atom is 0.286 e. The Morgan fingerprint density at radius 3 is 2.42 bits per heavy atom. The highest BCUT2D eigenvalue weighted by Gasteiger charge is 2.49. The molecule has 4 rings (SSSR count). The van der Waals surface area contributed by atoms with E-state index < -0.39 is 27.1 Å². The quantitative estimate of drug-likeness (QED) is 0.781. The molecule has 0 amide bonds. The third kappa shape index (κ3) is 2.24. The molecule has 26 heavy (non-hydrogen) atoms. The van der Waals surface area contributed by atoms with Gasteiger partial charge in [0.15, 0.2) is 11.6 Å². The Bertz CT molecular complexity index is 1100. The van der Waals surface area contributed by atoms with Crippen molar-refractivity contribution in [3.8, 4) is 0 Å². The molecule has 0 spiro atoms. The first kappa shape index (κ1) is 16.7. The fourth-order valence-electron chi connectivity index (χ4n) is 3.52. The van der Waals surface area contributed by atoms with E-state index in [9.17, 15) is 18.0 Å². The summed E-state index contributed by atoms with van der Waals surface area (Å²) >= 11 is 0. The molecule has 1 unspecified atom stereocenters. The van der Waals surface area contributed by atoms with Gasteiger partial charge in [-0.2, -0.15) is 8.42 Å². The number of fused-ring (bicyclic) bond motifs is 2. The van der Waals surface area contributed by atoms with Gasteiger partial charge in [-0.1, -0.05) is 36.4 Å². The van der Waals surface area contributed by atoms with Crippen molar-refractivity contribution in [1.29, 1.82) is 0 Å². The largest absolute Gasteiger partial charge is 0.341 e. The highest BCUT2D eigenvalue weighted by molar-refractivity contribution is 7.90. The van der Waals surface area contributed by atoms with Crippen LogP contribution >= 0.6 is 0 Å². The Hall–Kier alpha value is -2.80. The summed E-state index contributed by atoms with van der Waals surface area (Å²) in [5, 5.41) is 2.88. The molecule has 1 aliphatic carbocycles. The van der Waals surface area contributed by atoms with Crippen LogP contribution in [0.5, 0.6) is 0 Å². The molecule has 1 atom stereocenters. The summed E-state index contributed by atoms with van der Waals surface area (Å²) in [6, 6.07) is 13.2. The molecule has 0 saturated carbocycles. The average Bonchev–Trinajstić information content (AvgIpc) is 2.60. The molecule has 2 aromatic carbocycles. The van der Waals surface area contributed by atoms with Crippen LogP contribution in [-0.4, -0.2) is 25.8 Å². The normalized spacial score (nSPS) is 22.7. The predicted molar refractivity (Wildman–Crippen MR) is 97.0 cm³/mol. The molecular formula is C19H16N2O4S. The SMILES string of the molecule is CC1(C)C(=O)C(C2=NS(=O)(=O)c3ccccc3N2)C(=O)c2ccccc21. The number of hydrogen-bond acceptors (Lipinski definition) is 5. The molecule has 0 bridgehead atoms. The topological polar surface area (TPSA) is 92.7 Å². The van der Waals surface area contributed by atoms with Crippen LogP contribution in [0.1, 0.15) is 29.8 Å². The van der Waals surface area contributed by atoms with Crippen molar-refractivity contribution in [2.24, 2.45) is 10.3 Å². The lowest BCUT2D eigenvalue weighted by atomic mass is 9.66. The number of rotatable bonds is 1. The minimum atomic E-state index is -3.98. The molecular weight excluding hydrogens is 352 g/mol. The molecule has 0 radical (unpaired) electrons. The number of sulfonamides is 1. The molecule has 7 heteroatoms. The van der Waals surface area contributed by atoms with E-state index in [-0.39, 0.29) is 16.5 Å². The van der Waals surface area contributed by atoms with Crippen LogP contribution in [0, 0.1) is 5.92 Å². The molecule has 1 heterocycles. The van der Waals surface area contributed by atoms with Gasteiger partial charge in [0.25, 0.3) is 10.0 Å². The van der Waals surface area contributed by atoms with E-state index in [1.807, 2.05) is 0 Å². The van der Waals surface area contributed by atoms with Crippen LogP contribution in [0.2, 0.25) is 0 Å². The fourth-order valence-corrected chi connectivity index (χ4v) is 4.67. The molecule has 1 aliphatic heterocycles. The lowest BCUT2D eigenvalue weighted by Gasteiger charge is -2.36. The number of carbonyl (C=O) groups excluding carboxylic acids is 2. The van der Waals surface area contributed by atoms with Crippen molar-refractivity contribution in [3.05, 3.63) is 59.7 Å². The Labute approximate surface area is 151 Å². The van der Waals surface area contributed by atoms with E-state index in [4.69, 9.17) is 0 Å². The van der Waals surface area contributed by atoms with Crippen molar-refractivity contribution in [2.75, 3.05) is 5.32 Å². The molecule has 132 valence electrons. The van der Waals surface area contributed by atoms with Crippen molar-refractivity contribution in [1.82, 2.24) is 0 Å². The maximum absolute atomic E-state index is 13.1. The fraction of sp³-hybridized carbons (Fsp3) is 0.211. The monoisotopic (exact) mass is 368 g/mol. The van der Waals surface area contributed by atoms with Crippen molar-refractivity contribution < 1.29 is 18.0 Å². The van der Waals surface area contributed by atoms with Gasteiger partial charge in [-0.25, -0.2) is 0 Å². The van der Waals surface area contributed by atoms with E-state index in [0.29, 0.717) is 16.8 Å². The van der Waals surface area contributed by atoms with Gasteiger partial charge in [0.2, 0.25) is 0 Å². The Balaban J connectivity index is 1.89. The summed E-state index contributed by atoms with van der Waals surface area (Å²) in [7, 11) is -3.98. The molecule has 6 nitrogen and oxygen atoms in total. The number of amidine groups is 1. The highest BCUT2D eigenvalue weighted by atomic mass is 32.2. The number of carbonyl (C=O) groups is 2. The number of ketones is 2. The lowest BCUT2D eigenvalue weighted by Crippen LogP contribution is -2.50. The summed E-state index contributed by atoms with van der Waals surface area (Å²) in [5.41, 5.74) is 0.448. The number of anilines is 1. The lowest BCUT2D eigenvalue weighted by molar-refractivity contribution is -0.124. The van der Waals surface area contributed by atoms with E-state index in [1.54, 1.807) is 56.3 Å². The smallest absolute Gasteiger partial charge is 0.286 e. The van der Waals surface area contributed by atoms with Gasteiger partial charge in [0, 0.05) is 5.56 Å². The van der Waals surface area contributed by atoms with Crippen LogP contribution in [0.3, 0.4) is 0 Å². The molecule has 0 saturated heterocycles. The van der Waals surface area contributed by atoms with E-state index in [1.165, 1.54) is 6.07 Å². The van der Waals surface area contributed by atoms with E-state index in [2.05, 4.69) is 9.71 Å². The first-order valence-corrected chi connectivity index (χ1v) is 9.56. The van der Waals surface area contributed by atoms with Gasteiger partial charge in [-0.3, -0.25) is 9.59 Å². The summed E-state index contributed by atoms with van der Waals surface area (Å²) in [5.74, 6) is -2.22. The van der Waals surface area contributed by atoms with Crippen molar-refractivity contribution in [3.63, 3.8) is 0 Å². The van der Waals surface area contributed by atoms with Crippen LogP contribution in [-0.2, 0) is 20.2 Å². The predicted octanol–water partition coefficient (Wildman–Crippen LogP) is 2.56. The number of benzene rings is 2. The summed E-state index contributed by atoms with van der Waals surface area (Å²) in [6.07, 6.45) is 0. The second-order valence-electron chi connectivity index (χ2n) is 6.90. The van der Waals surface area contributed by atoms with Gasteiger partial charge in [0.1, 0.15) is 16.6 Å². The molecule has 1 N–H and O–H groups in total. The molecule has 0 aromatic heterocycles. The molecule has 2 aliphatic rings. The van der Waals surface area contributed by atoms with Crippen molar-refractivity contribution >= 4 is 33.1 Å². The Kier molecular flexibility index (Phi) is 3.43. The number of nitrogens with zero attached hydrogens (tertiary/aromatic N) is 1. The minimum absolute atomic E-state index is 0.0270. The summed E-state index contributed by atoms with van der Waals surface area (Å²) in [6.45, 7) is 3.47. The summed E-state index contributed by atoms with van der Waals surface area (Å²) in [4.78, 5) is 26.1. The zero-order chi connectivity index (χ0) is 18.7. The number of hydrogen-bond donors (Lipinski definition) is 1. The second-order valence-corrected chi connectivity index (χ2v) is 8.48. The third-order valence-corrected chi connectivity index (χ3v) is 6.27. The summed E-state index contributed by atoms with van der Waals surface area (Å²) < 4.78 is 28.7. The van der Waals surface area contributed by atoms with E-state index >= 15 is 0 Å². The van der Waals surface area contributed by atoms with Gasteiger partial charge < -0.3 is 5.32 Å². The zero-order valence-corrected chi connectivity index (χ0v) is 15.0. The second kappa shape index (κ2) is 5.35. The first-order chi connectivity index (χ1) is 12.2. The first-order valence-electron chi connectivity index (χ1n) is 8.12. The maximum atomic E-state index is 13.1. The van der Waals surface area contributed by atoms with Crippen LogP contribution in [0.15, 0.2) is 57.8 Å². The van der Waals surface area contributed by atoms with Gasteiger partial charge in [0.05, 0.1) is 11.1 Å². The Morgan fingerprint density at radius 2 is 1.65 bits per heavy atom. The standard InChI is InChI=1S/C19H16N2O4S/c1-19(2)12-8-4-3-7-11(12)16(22)15(17(19)23)18-20-13-9-5-6-10-14(13)26(24,25)21-18/h3-10,15H,1-2H3,(H,20,21). The van der Waals surface area contributed by atoms with Gasteiger partial charge >= 0.3 is 0 Å². The number of para-hydroxylation sites is 1. The average molecular weight is 368 g/mol. The van der Waals surface area contributed by atoms with Crippen LogP contribution in [0.25, 0.3) is 0 Å². The minimum Gasteiger partial charge on any atom is -0.341 e. The number of Topliss-reactive ketones (excluding diaryl/α,β-unsaturated/α-hetero) is 2. The number of nitrogens with one attached hydrogen (secondary N) is 1. The van der Waals surface area contributed by atoms with Gasteiger partial charge in [-0.05, 0) is 31.5 Å². The zero-order valence-electron chi connectivity index (χ0n) is 14.2. The van der Waals surface area contributed by atoms with E-state index in [0.717, 1.165) is 0 Å². The third-order valence-electron chi connectivity index (χ3n) is 4.93. The Morgan fingerprint density at radius 1 is 1.00 bits per heavy atom. The van der Waals surface area contributed by atoms with Gasteiger partial charge in [-0.15, -0.1) is 4.40 Å². The highest BCUT2D eigenvalue weighted by Crippen LogP contribution is 2.39.